The summed E-state index contributed by atoms with van der Waals surface area (Å²) in [6, 6.07) is 9.21. The number of ether oxygens (including phenoxy) is 2. The van der Waals surface area contributed by atoms with Crippen molar-refractivity contribution in [2.45, 2.75) is 25.6 Å². The molecule has 0 saturated heterocycles. The second-order valence-corrected chi connectivity index (χ2v) is 4.90. The minimum Gasteiger partial charge on any atom is -0.469 e. The van der Waals surface area contributed by atoms with E-state index < -0.39 is 29.9 Å². The number of rotatable bonds is 4. The number of halogens is 1. The molecule has 0 bridgehead atoms. The van der Waals surface area contributed by atoms with Crippen molar-refractivity contribution >= 4 is 11.9 Å². The molecule has 1 unspecified atom stereocenters. The van der Waals surface area contributed by atoms with E-state index in [2.05, 4.69) is 4.74 Å². The molecule has 1 saturated carbocycles. The van der Waals surface area contributed by atoms with Gasteiger partial charge in [0.05, 0.1) is 18.9 Å². The molecule has 3 atom stereocenters. The minimum absolute atomic E-state index is 0.0212. The first-order valence-electron chi connectivity index (χ1n) is 6.54. The molecule has 1 aliphatic carbocycles. The minimum atomic E-state index is -1.16. The van der Waals surface area contributed by atoms with Gasteiger partial charge in [-0.15, -0.1) is 0 Å². The van der Waals surface area contributed by atoms with Gasteiger partial charge in [-0.25, -0.2) is 4.39 Å². The third-order valence-electron chi connectivity index (χ3n) is 3.54. The summed E-state index contributed by atoms with van der Waals surface area (Å²) in [4.78, 5) is 23.6. The third-order valence-corrected chi connectivity index (χ3v) is 3.54. The number of methoxy groups -OCH3 is 1. The van der Waals surface area contributed by atoms with E-state index in [0.29, 0.717) is 0 Å². The molecule has 2 rings (SSSR count). The molecule has 0 radical (unpaired) electrons. The highest BCUT2D eigenvalue weighted by Crippen LogP contribution is 2.35. The smallest absolute Gasteiger partial charge is 0.310 e. The second-order valence-electron chi connectivity index (χ2n) is 4.90. The van der Waals surface area contributed by atoms with Gasteiger partial charge < -0.3 is 9.47 Å². The zero-order valence-corrected chi connectivity index (χ0v) is 11.3. The van der Waals surface area contributed by atoms with Gasteiger partial charge in [-0.3, -0.25) is 9.59 Å². The zero-order chi connectivity index (χ0) is 14.5. The average molecular weight is 280 g/mol. The van der Waals surface area contributed by atoms with E-state index in [-0.39, 0.29) is 19.4 Å². The average Bonchev–Trinajstić information content (AvgIpc) is 2.87. The lowest BCUT2D eigenvalue weighted by molar-refractivity contribution is -0.158. The molecule has 0 heterocycles. The Morgan fingerprint density at radius 1 is 1.15 bits per heavy atom. The second kappa shape index (κ2) is 6.50. The van der Waals surface area contributed by atoms with Crippen LogP contribution in [0.15, 0.2) is 30.3 Å². The van der Waals surface area contributed by atoms with Crippen molar-refractivity contribution in [3.05, 3.63) is 35.9 Å². The number of hydrogen-bond acceptors (Lipinski definition) is 4. The summed E-state index contributed by atoms with van der Waals surface area (Å²) in [5.41, 5.74) is 0.852. The van der Waals surface area contributed by atoms with Crippen molar-refractivity contribution in [3.63, 3.8) is 0 Å². The van der Waals surface area contributed by atoms with Gasteiger partial charge >= 0.3 is 11.9 Å². The maximum Gasteiger partial charge on any atom is 0.310 e. The summed E-state index contributed by atoms with van der Waals surface area (Å²) in [6.45, 7) is 0.126. The standard InChI is InChI=1S/C15H17FO4/c1-19-14(17)12-7-11(16)8-13(12)15(18)20-9-10-5-3-2-4-6-10/h2-6,11-13H,7-9H2,1H3/t11-,12+,13?/m1/s1. The summed E-state index contributed by atoms with van der Waals surface area (Å²) in [5, 5.41) is 0. The SMILES string of the molecule is COC(=O)[C@H]1C[C@@H](F)CC1C(=O)OCc1ccccc1. The fourth-order valence-corrected chi connectivity index (χ4v) is 2.48. The molecule has 0 aromatic heterocycles. The van der Waals surface area contributed by atoms with Crippen molar-refractivity contribution in [1.82, 2.24) is 0 Å². The van der Waals surface area contributed by atoms with Gasteiger partial charge in [0.15, 0.2) is 0 Å². The topological polar surface area (TPSA) is 52.6 Å². The Kier molecular flexibility index (Phi) is 4.71. The number of benzene rings is 1. The van der Waals surface area contributed by atoms with Crippen LogP contribution in [-0.2, 0) is 25.7 Å². The van der Waals surface area contributed by atoms with E-state index in [9.17, 15) is 14.0 Å². The summed E-state index contributed by atoms with van der Waals surface area (Å²) < 4.78 is 23.2. The maximum atomic E-state index is 13.4. The van der Waals surface area contributed by atoms with E-state index in [1.165, 1.54) is 7.11 Å². The van der Waals surface area contributed by atoms with Crippen LogP contribution in [0, 0.1) is 11.8 Å². The highest BCUT2D eigenvalue weighted by atomic mass is 19.1. The number of esters is 2. The molecule has 0 N–H and O–H groups in total. The van der Waals surface area contributed by atoms with Gasteiger partial charge in [-0.2, -0.15) is 0 Å². The molecule has 1 aliphatic rings. The summed E-state index contributed by atoms with van der Waals surface area (Å²) in [5.74, 6) is -2.57. The third kappa shape index (κ3) is 3.35. The number of carbonyl (C=O) groups excluding carboxylic acids is 2. The Balaban J connectivity index is 1.95. The molecule has 4 nitrogen and oxygen atoms in total. The van der Waals surface area contributed by atoms with Gasteiger partial charge in [0.25, 0.3) is 0 Å². The van der Waals surface area contributed by atoms with Crippen LogP contribution < -0.4 is 0 Å². The summed E-state index contributed by atoms with van der Waals surface area (Å²) in [7, 11) is 1.24. The lowest BCUT2D eigenvalue weighted by atomic mass is 9.96. The van der Waals surface area contributed by atoms with Gasteiger partial charge in [0.1, 0.15) is 12.8 Å². The Bertz CT molecular complexity index is 474. The first-order valence-corrected chi connectivity index (χ1v) is 6.54. The molecule has 1 aromatic carbocycles. The van der Waals surface area contributed by atoms with Crippen LogP contribution in [0.2, 0.25) is 0 Å². The fourth-order valence-electron chi connectivity index (χ4n) is 2.48. The van der Waals surface area contributed by atoms with Crippen LogP contribution >= 0.6 is 0 Å². The zero-order valence-electron chi connectivity index (χ0n) is 11.3. The Morgan fingerprint density at radius 3 is 2.35 bits per heavy atom. The molecule has 1 fully saturated rings. The molecule has 0 amide bonds. The van der Waals surface area contributed by atoms with E-state index in [4.69, 9.17) is 4.74 Å². The Hall–Kier alpha value is -1.91. The van der Waals surface area contributed by atoms with E-state index >= 15 is 0 Å². The molecule has 5 heteroatoms. The highest BCUT2D eigenvalue weighted by molar-refractivity contribution is 5.82. The van der Waals surface area contributed by atoms with Crippen LogP contribution in [0.3, 0.4) is 0 Å². The van der Waals surface area contributed by atoms with E-state index in [1.54, 1.807) is 0 Å². The van der Waals surface area contributed by atoms with E-state index in [1.807, 2.05) is 30.3 Å². The van der Waals surface area contributed by atoms with Crippen molar-refractivity contribution in [2.24, 2.45) is 11.8 Å². The molecule has 20 heavy (non-hydrogen) atoms. The van der Waals surface area contributed by atoms with E-state index in [0.717, 1.165) is 5.56 Å². The first kappa shape index (κ1) is 14.5. The monoisotopic (exact) mass is 280 g/mol. The van der Waals surface area contributed by atoms with Crippen LogP contribution in [0.4, 0.5) is 4.39 Å². The molecular weight excluding hydrogens is 263 g/mol. The quantitative estimate of drug-likeness (QED) is 0.794. The van der Waals surface area contributed by atoms with Crippen LogP contribution in [0.25, 0.3) is 0 Å². The number of carbonyl (C=O) groups is 2. The van der Waals surface area contributed by atoms with Crippen molar-refractivity contribution in [1.29, 1.82) is 0 Å². The van der Waals surface area contributed by atoms with Gasteiger partial charge in [-0.1, -0.05) is 30.3 Å². The summed E-state index contributed by atoms with van der Waals surface area (Å²) >= 11 is 0. The van der Waals surface area contributed by atoms with Crippen molar-refractivity contribution < 1.29 is 23.5 Å². The number of alkyl halides is 1. The lowest BCUT2D eigenvalue weighted by Crippen LogP contribution is -2.27. The van der Waals surface area contributed by atoms with Crippen molar-refractivity contribution in [2.75, 3.05) is 7.11 Å². The van der Waals surface area contributed by atoms with Crippen LogP contribution in [0.5, 0.6) is 0 Å². The highest BCUT2D eigenvalue weighted by Gasteiger charge is 2.44. The molecule has 0 spiro atoms. The van der Waals surface area contributed by atoms with Crippen LogP contribution in [-0.4, -0.2) is 25.2 Å². The van der Waals surface area contributed by atoms with Gasteiger partial charge in [-0.05, 0) is 18.4 Å². The first-order chi connectivity index (χ1) is 9.61. The van der Waals surface area contributed by atoms with Crippen molar-refractivity contribution in [3.8, 4) is 0 Å². The fraction of sp³-hybridized carbons (Fsp3) is 0.467. The van der Waals surface area contributed by atoms with Gasteiger partial charge in [0, 0.05) is 0 Å². The Labute approximate surface area is 116 Å². The predicted octanol–water partition coefficient (Wildman–Crippen LogP) is 2.27. The summed E-state index contributed by atoms with van der Waals surface area (Å²) in [6.07, 6.45) is -1.11. The molecular formula is C15H17FO4. The van der Waals surface area contributed by atoms with Crippen LogP contribution in [0.1, 0.15) is 18.4 Å². The normalized spacial score (nSPS) is 25.2. The molecule has 108 valence electrons. The molecule has 1 aromatic rings. The molecule has 0 aliphatic heterocycles. The maximum absolute atomic E-state index is 13.4. The van der Waals surface area contributed by atoms with Gasteiger partial charge in [0.2, 0.25) is 0 Å². The largest absolute Gasteiger partial charge is 0.469 e. The lowest BCUT2D eigenvalue weighted by Gasteiger charge is -2.15. The predicted molar refractivity (Wildman–Crippen MR) is 69.4 cm³/mol. The Morgan fingerprint density at radius 2 is 1.75 bits per heavy atom. The number of hydrogen-bond donors (Lipinski definition) is 0.